The Morgan fingerprint density at radius 2 is 2.00 bits per heavy atom. The number of hydrogen-bond donors (Lipinski definition) is 2. The van der Waals surface area contributed by atoms with Crippen molar-refractivity contribution in [2.24, 2.45) is 5.73 Å². The van der Waals surface area contributed by atoms with E-state index in [0.29, 0.717) is 13.0 Å². The maximum atomic E-state index is 11.3. The molecule has 3 N–H and O–H groups in total. The molecule has 3 unspecified atom stereocenters. The van der Waals surface area contributed by atoms with Crippen molar-refractivity contribution in [3.8, 4) is 0 Å². The van der Waals surface area contributed by atoms with E-state index in [4.69, 9.17) is 15.2 Å². The molecule has 0 aliphatic rings. The molecule has 0 fully saturated rings. The minimum Gasteiger partial charge on any atom is -0.382 e. The van der Waals surface area contributed by atoms with Gasteiger partial charge in [0.25, 0.3) is 0 Å². The summed E-state index contributed by atoms with van der Waals surface area (Å²) in [5, 5.41) is 2.93. The minimum absolute atomic E-state index is 0.00832. The number of likely N-dealkylation sites (N-methyl/N-ethyl adjacent to an activating group) is 1. The van der Waals surface area contributed by atoms with Gasteiger partial charge in [0, 0.05) is 13.5 Å². The third kappa shape index (κ3) is 4.92. The topological polar surface area (TPSA) is 73.6 Å². The Bertz CT molecular complexity index is 223. The van der Waals surface area contributed by atoms with Crippen LogP contribution in [0.1, 0.15) is 27.2 Å². The summed E-state index contributed by atoms with van der Waals surface area (Å²) in [6.07, 6.45) is 0.483. The van der Waals surface area contributed by atoms with Gasteiger partial charge in [-0.2, -0.15) is 0 Å². The molecule has 96 valence electrons. The quantitative estimate of drug-likeness (QED) is 0.630. The van der Waals surface area contributed by atoms with E-state index in [2.05, 4.69) is 5.32 Å². The van der Waals surface area contributed by atoms with E-state index in [1.807, 2.05) is 13.8 Å². The number of ether oxygens (including phenoxy) is 2. The lowest BCUT2D eigenvalue weighted by Crippen LogP contribution is -2.53. The third-order valence-corrected chi connectivity index (χ3v) is 2.66. The molecule has 5 nitrogen and oxygen atoms in total. The Kier molecular flexibility index (Phi) is 6.55. The van der Waals surface area contributed by atoms with Crippen molar-refractivity contribution < 1.29 is 14.3 Å². The molecular weight excluding hydrogens is 208 g/mol. The molecule has 0 bridgehead atoms. The van der Waals surface area contributed by atoms with Crippen molar-refractivity contribution in [2.45, 2.75) is 44.9 Å². The summed E-state index contributed by atoms with van der Waals surface area (Å²) in [6.45, 7) is 6.17. The zero-order valence-corrected chi connectivity index (χ0v) is 10.9. The van der Waals surface area contributed by atoms with Crippen molar-refractivity contribution >= 4 is 5.91 Å². The standard InChI is InChI=1S/C11H24N2O3/c1-8(16-9(2)7-15-5)6-11(3,13-4)10(12)14/h8-9,13H,6-7H2,1-5H3,(H2,12,14). The number of amides is 1. The highest BCUT2D eigenvalue weighted by molar-refractivity contribution is 5.84. The first-order valence-corrected chi connectivity index (χ1v) is 5.49. The van der Waals surface area contributed by atoms with Crippen molar-refractivity contribution in [2.75, 3.05) is 20.8 Å². The van der Waals surface area contributed by atoms with Gasteiger partial charge in [-0.25, -0.2) is 0 Å². The number of nitrogens with one attached hydrogen (secondary N) is 1. The van der Waals surface area contributed by atoms with Crippen molar-refractivity contribution in [3.05, 3.63) is 0 Å². The molecular formula is C11H24N2O3. The number of hydrogen-bond acceptors (Lipinski definition) is 4. The molecule has 0 aromatic rings. The van der Waals surface area contributed by atoms with Crippen LogP contribution >= 0.6 is 0 Å². The second-order valence-electron chi connectivity index (χ2n) is 4.36. The van der Waals surface area contributed by atoms with Gasteiger partial charge in [-0.05, 0) is 27.8 Å². The number of primary amides is 1. The molecule has 0 heterocycles. The van der Waals surface area contributed by atoms with Crippen molar-refractivity contribution in [3.63, 3.8) is 0 Å². The van der Waals surface area contributed by atoms with Crippen LogP contribution in [-0.2, 0) is 14.3 Å². The van der Waals surface area contributed by atoms with Crippen LogP contribution in [0.15, 0.2) is 0 Å². The third-order valence-electron chi connectivity index (χ3n) is 2.66. The van der Waals surface area contributed by atoms with Crippen LogP contribution in [0.3, 0.4) is 0 Å². The van der Waals surface area contributed by atoms with Crippen LogP contribution in [0.2, 0.25) is 0 Å². The maximum absolute atomic E-state index is 11.3. The van der Waals surface area contributed by atoms with Gasteiger partial charge in [0.1, 0.15) is 0 Å². The number of carbonyl (C=O) groups excluding carboxylic acids is 1. The fraction of sp³-hybridized carbons (Fsp3) is 0.909. The molecule has 5 heteroatoms. The van der Waals surface area contributed by atoms with Gasteiger partial charge in [-0.3, -0.25) is 4.79 Å². The molecule has 0 aliphatic heterocycles. The van der Waals surface area contributed by atoms with Crippen molar-refractivity contribution in [1.82, 2.24) is 5.32 Å². The smallest absolute Gasteiger partial charge is 0.237 e. The SMILES string of the molecule is CNC(C)(CC(C)OC(C)COC)C(N)=O. The summed E-state index contributed by atoms with van der Waals surface area (Å²) in [4.78, 5) is 11.3. The highest BCUT2D eigenvalue weighted by atomic mass is 16.5. The van der Waals surface area contributed by atoms with E-state index < -0.39 is 5.54 Å². The molecule has 0 spiro atoms. The first kappa shape index (κ1) is 15.3. The molecule has 0 radical (unpaired) electrons. The predicted molar refractivity (Wildman–Crippen MR) is 63.2 cm³/mol. The Morgan fingerprint density at radius 3 is 2.38 bits per heavy atom. The largest absolute Gasteiger partial charge is 0.382 e. The van der Waals surface area contributed by atoms with E-state index in [1.165, 1.54) is 0 Å². The normalized spacial score (nSPS) is 18.8. The lowest BCUT2D eigenvalue weighted by Gasteiger charge is -2.29. The molecule has 0 saturated heterocycles. The zero-order chi connectivity index (χ0) is 12.8. The average Bonchev–Trinajstić information content (AvgIpc) is 2.17. The Balaban J connectivity index is 4.21. The van der Waals surface area contributed by atoms with Crippen LogP contribution in [-0.4, -0.2) is 44.4 Å². The van der Waals surface area contributed by atoms with E-state index in [9.17, 15) is 4.79 Å². The summed E-state index contributed by atoms with van der Waals surface area (Å²) in [6, 6.07) is 0. The van der Waals surface area contributed by atoms with Gasteiger partial charge in [0.05, 0.1) is 24.4 Å². The first-order chi connectivity index (χ1) is 7.35. The monoisotopic (exact) mass is 232 g/mol. The number of carbonyl (C=O) groups is 1. The van der Waals surface area contributed by atoms with Crippen LogP contribution in [0.25, 0.3) is 0 Å². The van der Waals surface area contributed by atoms with Gasteiger partial charge in [0.2, 0.25) is 5.91 Å². The van der Waals surface area contributed by atoms with Gasteiger partial charge < -0.3 is 20.5 Å². The molecule has 0 aromatic carbocycles. The molecule has 0 aromatic heterocycles. The summed E-state index contributed by atoms with van der Waals surface area (Å²) < 4.78 is 10.6. The van der Waals surface area contributed by atoms with Gasteiger partial charge >= 0.3 is 0 Å². The highest BCUT2D eigenvalue weighted by Crippen LogP contribution is 2.15. The first-order valence-electron chi connectivity index (χ1n) is 5.49. The second kappa shape index (κ2) is 6.83. The summed E-state index contributed by atoms with van der Waals surface area (Å²) in [5.74, 6) is -0.371. The van der Waals surface area contributed by atoms with Gasteiger partial charge in [-0.15, -0.1) is 0 Å². The minimum atomic E-state index is -0.730. The Hall–Kier alpha value is -0.650. The Labute approximate surface area is 97.7 Å². The molecule has 3 atom stereocenters. The molecule has 16 heavy (non-hydrogen) atoms. The second-order valence-corrected chi connectivity index (χ2v) is 4.36. The maximum Gasteiger partial charge on any atom is 0.237 e. The van der Waals surface area contributed by atoms with Crippen LogP contribution < -0.4 is 11.1 Å². The van der Waals surface area contributed by atoms with E-state index in [-0.39, 0.29) is 18.1 Å². The lowest BCUT2D eigenvalue weighted by molar-refractivity contribution is -0.126. The van der Waals surface area contributed by atoms with Crippen molar-refractivity contribution in [1.29, 1.82) is 0 Å². The summed E-state index contributed by atoms with van der Waals surface area (Å²) in [5.41, 5.74) is 4.61. The molecule has 1 amide bonds. The lowest BCUT2D eigenvalue weighted by atomic mass is 9.94. The Morgan fingerprint density at radius 1 is 1.44 bits per heavy atom. The fourth-order valence-electron chi connectivity index (χ4n) is 1.62. The summed E-state index contributed by atoms with van der Waals surface area (Å²) >= 11 is 0. The summed E-state index contributed by atoms with van der Waals surface area (Å²) in [7, 11) is 3.35. The van der Waals surface area contributed by atoms with Crippen LogP contribution in [0.4, 0.5) is 0 Å². The van der Waals surface area contributed by atoms with Gasteiger partial charge in [0.15, 0.2) is 0 Å². The molecule has 0 rings (SSSR count). The number of methoxy groups -OCH3 is 1. The van der Waals surface area contributed by atoms with E-state index >= 15 is 0 Å². The predicted octanol–water partition coefficient (Wildman–Crippen LogP) is 0.280. The average molecular weight is 232 g/mol. The molecule has 0 aliphatic carbocycles. The van der Waals surface area contributed by atoms with Gasteiger partial charge in [-0.1, -0.05) is 0 Å². The van der Waals surface area contributed by atoms with E-state index in [0.717, 1.165) is 0 Å². The fourth-order valence-corrected chi connectivity index (χ4v) is 1.62. The van der Waals surface area contributed by atoms with Crippen LogP contribution in [0, 0.1) is 0 Å². The zero-order valence-electron chi connectivity index (χ0n) is 10.9. The van der Waals surface area contributed by atoms with Crippen LogP contribution in [0.5, 0.6) is 0 Å². The number of nitrogens with two attached hydrogens (primary N) is 1. The molecule has 0 saturated carbocycles. The number of rotatable bonds is 8. The van der Waals surface area contributed by atoms with E-state index in [1.54, 1.807) is 21.1 Å². The highest BCUT2D eigenvalue weighted by Gasteiger charge is 2.31.